The van der Waals surface area contributed by atoms with Crippen molar-refractivity contribution in [3.63, 3.8) is 0 Å². The summed E-state index contributed by atoms with van der Waals surface area (Å²) in [5, 5.41) is 9.59. The van der Waals surface area contributed by atoms with Crippen LogP contribution in [0.4, 0.5) is 0 Å². The minimum Gasteiger partial charge on any atom is -0.494 e. The molecule has 18 heavy (non-hydrogen) atoms. The zero-order valence-corrected chi connectivity index (χ0v) is 10.8. The lowest BCUT2D eigenvalue weighted by molar-refractivity contribution is 0.00258. The molecule has 0 radical (unpaired) electrons. The van der Waals surface area contributed by atoms with Crippen LogP contribution in [0.1, 0.15) is 18.5 Å². The van der Waals surface area contributed by atoms with Gasteiger partial charge < -0.3 is 14.6 Å². The molecule has 1 N–H and O–H groups in total. The summed E-state index contributed by atoms with van der Waals surface area (Å²) in [4.78, 5) is 2.26. The van der Waals surface area contributed by atoms with Gasteiger partial charge in [-0.1, -0.05) is 12.1 Å². The van der Waals surface area contributed by atoms with Crippen molar-refractivity contribution in [3.05, 3.63) is 29.8 Å². The molecule has 1 fully saturated rings. The topological polar surface area (TPSA) is 41.9 Å². The Labute approximate surface area is 108 Å². The van der Waals surface area contributed by atoms with Gasteiger partial charge in [-0.05, 0) is 24.6 Å². The highest BCUT2D eigenvalue weighted by atomic mass is 16.5. The third-order valence-electron chi connectivity index (χ3n) is 3.24. The normalized spacial score (nSPS) is 18.6. The van der Waals surface area contributed by atoms with E-state index < -0.39 is 0 Å². The molecule has 1 aromatic rings. The van der Waals surface area contributed by atoms with Crippen LogP contribution in [0.5, 0.6) is 5.75 Å². The number of ether oxygens (including phenoxy) is 2. The molecule has 1 atom stereocenters. The maximum Gasteiger partial charge on any atom is 0.119 e. The van der Waals surface area contributed by atoms with Gasteiger partial charge in [0.05, 0.1) is 32.5 Å². The van der Waals surface area contributed by atoms with Gasteiger partial charge in [0, 0.05) is 13.1 Å². The van der Waals surface area contributed by atoms with Crippen LogP contribution in [-0.2, 0) is 4.74 Å². The van der Waals surface area contributed by atoms with Crippen LogP contribution in [0, 0.1) is 0 Å². The van der Waals surface area contributed by atoms with Crippen LogP contribution < -0.4 is 4.74 Å². The van der Waals surface area contributed by atoms with Gasteiger partial charge in [-0.15, -0.1) is 0 Å². The Hall–Kier alpha value is -1.10. The molecule has 0 amide bonds. The molecule has 100 valence electrons. The summed E-state index contributed by atoms with van der Waals surface area (Å²) >= 11 is 0. The lowest BCUT2D eigenvalue weighted by Gasteiger charge is -2.33. The first-order valence-electron chi connectivity index (χ1n) is 6.50. The summed E-state index contributed by atoms with van der Waals surface area (Å²) in [5.41, 5.74) is 1.13. The average Bonchev–Trinajstić information content (AvgIpc) is 2.43. The molecule has 1 unspecified atom stereocenters. The predicted octanol–water partition coefficient (Wildman–Crippen LogP) is 1.45. The van der Waals surface area contributed by atoms with Crippen LogP contribution in [-0.4, -0.2) is 49.5 Å². The minimum absolute atomic E-state index is 0.0598. The van der Waals surface area contributed by atoms with E-state index >= 15 is 0 Å². The second kappa shape index (κ2) is 6.73. The van der Waals surface area contributed by atoms with E-state index in [4.69, 9.17) is 9.47 Å². The first kappa shape index (κ1) is 13.3. The third kappa shape index (κ3) is 3.22. The molecule has 1 aliphatic rings. The molecule has 0 bridgehead atoms. The fourth-order valence-electron chi connectivity index (χ4n) is 2.27. The zero-order chi connectivity index (χ0) is 12.8. The number of morpholine rings is 1. The van der Waals surface area contributed by atoms with Crippen molar-refractivity contribution in [3.8, 4) is 5.75 Å². The molecule has 0 aromatic heterocycles. The molecule has 0 spiro atoms. The Balaban J connectivity index is 2.06. The Kier molecular flexibility index (Phi) is 4.99. The summed E-state index contributed by atoms with van der Waals surface area (Å²) in [5.74, 6) is 0.875. The number of hydrogen-bond acceptors (Lipinski definition) is 4. The molecule has 4 nitrogen and oxygen atoms in total. The molecule has 0 saturated carbocycles. The molecular weight excluding hydrogens is 230 g/mol. The smallest absolute Gasteiger partial charge is 0.119 e. The predicted molar refractivity (Wildman–Crippen MR) is 69.8 cm³/mol. The van der Waals surface area contributed by atoms with Crippen LogP contribution in [0.15, 0.2) is 24.3 Å². The highest BCUT2D eigenvalue weighted by molar-refractivity contribution is 5.29. The van der Waals surface area contributed by atoms with Gasteiger partial charge in [-0.3, -0.25) is 4.90 Å². The van der Waals surface area contributed by atoms with Gasteiger partial charge in [-0.25, -0.2) is 0 Å². The maximum atomic E-state index is 9.59. The van der Waals surface area contributed by atoms with Gasteiger partial charge in [-0.2, -0.15) is 0 Å². The maximum absolute atomic E-state index is 9.59. The third-order valence-corrected chi connectivity index (χ3v) is 3.24. The standard InChI is InChI=1S/C14H21NO3/c1-2-18-13-5-3-12(4-6-13)14(11-16)15-7-9-17-10-8-15/h3-6,14,16H,2,7-11H2,1H3. The van der Waals surface area contributed by atoms with E-state index in [1.165, 1.54) is 0 Å². The average molecular weight is 251 g/mol. The SMILES string of the molecule is CCOc1ccc(C(CO)N2CCOCC2)cc1. The summed E-state index contributed by atoms with van der Waals surface area (Å²) in [6.45, 7) is 6.01. The number of aliphatic hydroxyl groups is 1. The quantitative estimate of drug-likeness (QED) is 0.860. The van der Waals surface area contributed by atoms with E-state index in [1.54, 1.807) is 0 Å². The first-order valence-corrected chi connectivity index (χ1v) is 6.50. The molecule has 1 aliphatic heterocycles. The second-order valence-electron chi connectivity index (χ2n) is 4.35. The van der Waals surface area contributed by atoms with E-state index in [9.17, 15) is 5.11 Å². The summed E-state index contributed by atoms with van der Waals surface area (Å²) in [6, 6.07) is 8.04. The van der Waals surface area contributed by atoms with E-state index in [1.807, 2.05) is 31.2 Å². The van der Waals surface area contributed by atoms with Gasteiger partial charge in [0.15, 0.2) is 0 Å². The van der Waals surface area contributed by atoms with Crippen molar-refractivity contribution in [1.29, 1.82) is 0 Å². The van der Waals surface area contributed by atoms with Crippen molar-refractivity contribution in [1.82, 2.24) is 4.90 Å². The fourth-order valence-corrected chi connectivity index (χ4v) is 2.27. The van der Waals surface area contributed by atoms with E-state index in [2.05, 4.69) is 4.90 Å². The van der Waals surface area contributed by atoms with Gasteiger partial charge in [0.25, 0.3) is 0 Å². The molecule has 1 heterocycles. The van der Waals surface area contributed by atoms with Crippen molar-refractivity contribution in [2.45, 2.75) is 13.0 Å². The zero-order valence-electron chi connectivity index (χ0n) is 10.8. The first-order chi connectivity index (χ1) is 8.85. The fraction of sp³-hybridized carbons (Fsp3) is 0.571. The molecule has 1 aromatic carbocycles. The van der Waals surface area contributed by atoms with E-state index in [-0.39, 0.29) is 12.6 Å². The molecule has 1 saturated heterocycles. The monoisotopic (exact) mass is 251 g/mol. The number of benzene rings is 1. The van der Waals surface area contributed by atoms with Crippen LogP contribution in [0.3, 0.4) is 0 Å². The van der Waals surface area contributed by atoms with Crippen molar-refractivity contribution >= 4 is 0 Å². The summed E-state index contributed by atoms with van der Waals surface area (Å²) in [6.07, 6.45) is 0. The summed E-state index contributed by atoms with van der Waals surface area (Å²) in [7, 11) is 0. The number of hydrogen-bond donors (Lipinski definition) is 1. The Morgan fingerprint density at radius 3 is 2.50 bits per heavy atom. The van der Waals surface area contributed by atoms with Gasteiger partial charge in [0.2, 0.25) is 0 Å². The lowest BCUT2D eigenvalue weighted by Crippen LogP contribution is -2.40. The van der Waals surface area contributed by atoms with Crippen LogP contribution in [0.25, 0.3) is 0 Å². The molecule has 2 rings (SSSR count). The Morgan fingerprint density at radius 1 is 1.28 bits per heavy atom. The highest BCUT2D eigenvalue weighted by Crippen LogP contribution is 2.23. The number of nitrogens with zero attached hydrogens (tertiary/aromatic N) is 1. The van der Waals surface area contributed by atoms with E-state index in [0.29, 0.717) is 6.61 Å². The van der Waals surface area contributed by atoms with Crippen LogP contribution >= 0.6 is 0 Å². The van der Waals surface area contributed by atoms with Crippen LogP contribution in [0.2, 0.25) is 0 Å². The number of aliphatic hydroxyl groups excluding tert-OH is 1. The molecular formula is C14H21NO3. The van der Waals surface area contributed by atoms with Gasteiger partial charge in [0.1, 0.15) is 5.75 Å². The highest BCUT2D eigenvalue weighted by Gasteiger charge is 2.21. The van der Waals surface area contributed by atoms with Crippen molar-refractivity contribution < 1.29 is 14.6 Å². The molecule has 0 aliphatic carbocycles. The Morgan fingerprint density at radius 2 is 1.94 bits per heavy atom. The van der Waals surface area contributed by atoms with Gasteiger partial charge >= 0.3 is 0 Å². The Bertz CT molecular complexity index is 347. The molecule has 4 heteroatoms. The summed E-state index contributed by atoms with van der Waals surface area (Å²) < 4.78 is 10.8. The number of rotatable bonds is 5. The van der Waals surface area contributed by atoms with E-state index in [0.717, 1.165) is 37.6 Å². The second-order valence-corrected chi connectivity index (χ2v) is 4.35. The largest absolute Gasteiger partial charge is 0.494 e. The van der Waals surface area contributed by atoms with Crippen molar-refractivity contribution in [2.24, 2.45) is 0 Å². The van der Waals surface area contributed by atoms with Crippen molar-refractivity contribution in [2.75, 3.05) is 39.5 Å². The lowest BCUT2D eigenvalue weighted by atomic mass is 10.1. The minimum atomic E-state index is 0.0598.